The van der Waals surface area contributed by atoms with Gasteiger partial charge in [0.2, 0.25) is 5.91 Å². The van der Waals surface area contributed by atoms with Gasteiger partial charge < -0.3 is 14.7 Å². The molecule has 110 valence electrons. The van der Waals surface area contributed by atoms with Crippen LogP contribution in [-0.4, -0.2) is 53.7 Å². The number of rotatable bonds is 3. The second kappa shape index (κ2) is 5.33. The number of H-pyrrole nitrogens is 1. The van der Waals surface area contributed by atoms with Gasteiger partial charge in [0.1, 0.15) is 6.29 Å². The molecular formula is C16H19N3O2. The highest BCUT2D eigenvalue weighted by Gasteiger charge is 2.32. The quantitative estimate of drug-likeness (QED) is 0.862. The fraction of sp³-hybridized carbons (Fsp3) is 0.375. The van der Waals surface area contributed by atoms with Crippen molar-refractivity contribution in [3.8, 4) is 0 Å². The summed E-state index contributed by atoms with van der Waals surface area (Å²) in [6.07, 6.45) is 1.44. The lowest BCUT2D eigenvalue weighted by Gasteiger charge is -2.33. The van der Waals surface area contributed by atoms with Gasteiger partial charge in [-0.15, -0.1) is 0 Å². The van der Waals surface area contributed by atoms with Gasteiger partial charge in [0.25, 0.3) is 0 Å². The van der Waals surface area contributed by atoms with Crippen molar-refractivity contribution in [1.29, 1.82) is 0 Å². The first kappa shape index (κ1) is 13.8. The number of aromatic nitrogens is 1. The van der Waals surface area contributed by atoms with Crippen LogP contribution in [0.25, 0.3) is 10.9 Å². The number of nitrogens with zero attached hydrogens (tertiary/aromatic N) is 2. The summed E-state index contributed by atoms with van der Waals surface area (Å²) in [6.45, 7) is 0.860. The summed E-state index contributed by atoms with van der Waals surface area (Å²) in [5.74, 6) is 0.000492. The van der Waals surface area contributed by atoms with Crippen LogP contribution in [0.1, 0.15) is 11.3 Å². The molecule has 0 saturated carbocycles. The number of aromatic amines is 1. The number of nitrogens with one attached hydrogen (secondary N) is 1. The second-order valence-corrected chi connectivity index (χ2v) is 5.65. The Bertz CT molecular complexity index is 692. The van der Waals surface area contributed by atoms with Crippen molar-refractivity contribution in [2.75, 3.05) is 20.6 Å². The fourth-order valence-corrected chi connectivity index (χ4v) is 3.06. The maximum Gasteiger partial charge on any atom is 0.240 e. The molecule has 0 spiro atoms. The van der Waals surface area contributed by atoms with E-state index in [0.29, 0.717) is 6.42 Å². The first-order valence-electron chi connectivity index (χ1n) is 7.09. The average Bonchev–Trinajstić information content (AvgIpc) is 2.83. The number of carbonyl (C=O) groups is 2. The molecule has 1 unspecified atom stereocenters. The zero-order valence-electron chi connectivity index (χ0n) is 12.3. The van der Waals surface area contributed by atoms with Gasteiger partial charge in [0, 0.05) is 30.2 Å². The summed E-state index contributed by atoms with van der Waals surface area (Å²) < 4.78 is 0. The van der Waals surface area contributed by atoms with Gasteiger partial charge in [-0.3, -0.25) is 9.69 Å². The Kier molecular flexibility index (Phi) is 3.51. The molecule has 1 N–H and O–H groups in total. The van der Waals surface area contributed by atoms with Crippen LogP contribution in [0.3, 0.4) is 0 Å². The number of likely N-dealkylation sites (N-methyl/N-ethyl adjacent to an activating group) is 2. The number of fused-ring (bicyclic) bond motifs is 3. The monoisotopic (exact) mass is 285 g/mol. The van der Waals surface area contributed by atoms with Crippen molar-refractivity contribution < 1.29 is 9.59 Å². The predicted molar refractivity (Wildman–Crippen MR) is 81.0 cm³/mol. The summed E-state index contributed by atoms with van der Waals surface area (Å²) >= 11 is 0. The van der Waals surface area contributed by atoms with Gasteiger partial charge in [-0.1, -0.05) is 18.2 Å². The molecule has 0 saturated heterocycles. The first-order valence-corrected chi connectivity index (χ1v) is 7.09. The van der Waals surface area contributed by atoms with Crippen molar-refractivity contribution in [2.45, 2.75) is 19.0 Å². The van der Waals surface area contributed by atoms with Gasteiger partial charge in [-0.25, -0.2) is 0 Å². The minimum atomic E-state index is -0.207. The van der Waals surface area contributed by atoms with Crippen LogP contribution in [0.2, 0.25) is 0 Å². The topological polar surface area (TPSA) is 56.4 Å². The molecule has 0 fully saturated rings. The number of carbonyl (C=O) groups excluding carboxylic acids is 2. The highest BCUT2D eigenvalue weighted by atomic mass is 16.2. The van der Waals surface area contributed by atoms with Crippen molar-refractivity contribution in [2.24, 2.45) is 0 Å². The van der Waals surface area contributed by atoms with E-state index in [1.54, 1.807) is 7.05 Å². The number of amides is 1. The normalized spacial score (nSPS) is 18.5. The minimum Gasteiger partial charge on any atom is -0.357 e. The van der Waals surface area contributed by atoms with E-state index in [0.717, 1.165) is 18.3 Å². The van der Waals surface area contributed by atoms with Gasteiger partial charge in [0.15, 0.2) is 0 Å². The molecular weight excluding hydrogens is 266 g/mol. The van der Waals surface area contributed by atoms with Crippen LogP contribution >= 0.6 is 0 Å². The molecule has 3 rings (SSSR count). The van der Waals surface area contributed by atoms with E-state index < -0.39 is 0 Å². The van der Waals surface area contributed by atoms with Gasteiger partial charge in [-0.2, -0.15) is 0 Å². The Morgan fingerprint density at radius 2 is 2.24 bits per heavy atom. The van der Waals surface area contributed by atoms with Crippen molar-refractivity contribution >= 4 is 23.1 Å². The number of benzene rings is 1. The molecule has 2 aromatic rings. The zero-order chi connectivity index (χ0) is 15.0. The summed E-state index contributed by atoms with van der Waals surface area (Å²) in [7, 11) is 3.63. The highest BCUT2D eigenvalue weighted by molar-refractivity contribution is 5.88. The standard InChI is InChI=1S/C16H19N3O2/c1-18(7-8-20)16(21)15-9-12-11-5-3-4-6-13(11)17-14(12)10-19(15)2/h3-6,8,15,17H,7,9-10H2,1-2H3. The molecule has 1 aliphatic heterocycles. The van der Waals surface area contributed by atoms with Gasteiger partial charge in [-0.05, 0) is 25.1 Å². The molecule has 1 aliphatic rings. The van der Waals surface area contributed by atoms with Crippen molar-refractivity contribution in [1.82, 2.24) is 14.8 Å². The zero-order valence-corrected chi connectivity index (χ0v) is 12.3. The number of hydrogen-bond acceptors (Lipinski definition) is 3. The van der Waals surface area contributed by atoms with Crippen LogP contribution in [0.15, 0.2) is 24.3 Å². The number of hydrogen-bond donors (Lipinski definition) is 1. The summed E-state index contributed by atoms with van der Waals surface area (Å²) in [5.41, 5.74) is 3.52. The molecule has 0 radical (unpaired) electrons. The van der Waals surface area contributed by atoms with E-state index in [-0.39, 0.29) is 18.5 Å². The lowest BCUT2D eigenvalue weighted by atomic mass is 9.96. The van der Waals surface area contributed by atoms with Crippen LogP contribution in [0.4, 0.5) is 0 Å². The minimum absolute atomic E-state index is 0.000492. The van der Waals surface area contributed by atoms with Crippen LogP contribution in [0, 0.1) is 0 Å². The average molecular weight is 285 g/mol. The Morgan fingerprint density at radius 1 is 1.48 bits per heavy atom. The van der Waals surface area contributed by atoms with E-state index in [4.69, 9.17) is 0 Å². The Morgan fingerprint density at radius 3 is 3.00 bits per heavy atom. The first-order chi connectivity index (χ1) is 10.1. The third-order valence-electron chi connectivity index (χ3n) is 4.25. The second-order valence-electron chi connectivity index (χ2n) is 5.65. The van der Waals surface area contributed by atoms with Crippen LogP contribution in [-0.2, 0) is 22.6 Å². The van der Waals surface area contributed by atoms with Gasteiger partial charge in [0.05, 0.1) is 12.6 Å². The molecule has 2 heterocycles. The summed E-state index contributed by atoms with van der Waals surface area (Å²) in [6, 6.07) is 7.97. The predicted octanol–water partition coefficient (Wildman–Crippen LogP) is 1.18. The molecule has 0 aliphatic carbocycles. The van der Waals surface area contributed by atoms with Crippen LogP contribution in [0.5, 0.6) is 0 Å². The van der Waals surface area contributed by atoms with Crippen molar-refractivity contribution in [3.05, 3.63) is 35.5 Å². The summed E-state index contributed by atoms with van der Waals surface area (Å²) in [5, 5.41) is 1.19. The maximum atomic E-state index is 12.5. The SMILES string of the molecule is CN(CC=O)C(=O)C1Cc2c([nH]c3ccccc23)CN1C. The Balaban J connectivity index is 1.93. The molecule has 5 heteroatoms. The van der Waals surface area contributed by atoms with E-state index in [2.05, 4.69) is 17.1 Å². The highest BCUT2D eigenvalue weighted by Crippen LogP contribution is 2.29. The van der Waals surface area contributed by atoms with Crippen LogP contribution < -0.4 is 0 Å². The molecule has 1 aromatic heterocycles. The smallest absolute Gasteiger partial charge is 0.240 e. The van der Waals surface area contributed by atoms with Gasteiger partial charge >= 0.3 is 0 Å². The third kappa shape index (κ3) is 2.34. The summed E-state index contributed by atoms with van der Waals surface area (Å²) in [4.78, 5) is 30.1. The largest absolute Gasteiger partial charge is 0.357 e. The molecule has 21 heavy (non-hydrogen) atoms. The lowest BCUT2D eigenvalue weighted by Crippen LogP contribution is -2.49. The van der Waals surface area contributed by atoms with E-state index in [1.807, 2.05) is 24.1 Å². The number of aldehydes is 1. The molecule has 0 bridgehead atoms. The Labute approximate surface area is 123 Å². The molecule has 5 nitrogen and oxygen atoms in total. The maximum absolute atomic E-state index is 12.5. The van der Waals surface area contributed by atoms with E-state index >= 15 is 0 Å². The number of para-hydroxylation sites is 1. The van der Waals surface area contributed by atoms with Crippen molar-refractivity contribution in [3.63, 3.8) is 0 Å². The fourth-order valence-electron chi connectivity index (χ4n) is 3.06. The van der Waals surface area contributed by atoms with E-state index in [1.165, 1.54) is 21.5 Å². The van der Waals surface area contributed by atoms with E-state index in [9.17, 15) is 9.59 Å². The molecule has 1 aromatic carbocycles. The molecule has 1 atom stereocenters. The lowest BCUT2D eigenvalue weighted by molar-refractivity contribution is -0.137. The third-order valence-corrected chi connectivity index (χ3v) is 4.25. The Hall–Kier alpha value is -2.14. The molecule has 1 amide bonds.